The van der Waals surface area contributed by atoms with Gasteiger partial charge < -0.3 is 10.2 Å². The number of aliphatic carboxylic acids is 1. The van der Waals surface area contributed by atoms with Crippen molar-refractivity contribution in [1.82, 2.24) is 0 Å². The number of carbonyl (C=O) groups is 2. The number of aromatic carboxylic acids is 1. The highest BCUT2D eigenvalue weighted by molar-refractivity contribution is 5.94. The Balaban J connectivity index is 3.07. The van der Waals surface area contributed by atoms with E-state index in [0.717, 1.165) is 6.08 Å². The van der Waals surface area contributed by atoms with E-state index in [1.54, 1.807) is 18.2 Å². The molecular formula is C10H8O4. The first-order valence-corrected chi connectivity index (χ1v) is 3.84. The fourth-order valence-corrected chi connectivity index (χ4v) is 0.998. The van der Waals surface area contributed by atoms with Crippen molar-refractivity contribution in [1.29, 1.82) is 0 Å². The normalized spacial score (nSPS) is 10.3. The van der Waals surface area contributed by atoms with E-state index in [1.807, 2.05) is 0 Å². The molecule has 72 valence electrons. The van der Waals surface area contributed by atoms with Crippen LogP contribution in [-0.4, -0.2) is 22.2 Å². The summed E-state index contributed by atoms with van der Waals surface area (Å²) < 4.78 is 0. The zero-order chi connectivity index (χ0) is 10.6. The minimum atomic E-state index is -1.11. The molecule has 1 rings (SSSR count). The first-order chi connectivity index (χ1) is 6.61. The van der Waals surface area contributed by atoms with Crippen molar-refractivity contribution in [3.05, 3.63) is 41.5 Å². The van der Waals surface area contributed by atoms with Gasteiger partial charge in [-0.15, -0.1) is 0 Å². The Bertz CT molecular complexity index is 393. The average Bonchev–Trinajstić information content (AvgIpc) is 2.15. The topological polar surface area (TPSA) is 74.6 Å². The van der Waals surface area contributed by atoms with Crippen molar-refractivity contribution in [3.63, 3.8) is 0 Å². The second kappa shape index (κ2) is 4.23. The molecule has 0 saturated heterocycles. The maximum absolute atomic E-state index is 10.7. The third-order valence-corrected chi connectivity index (χ3v) is 1.60. The number of benzene rings is 1. The molecule has 0 fully saturated rings. The van der Waals surface area contributed by atoms with Gasteiger partial charge in [0, 0.05) is 6.08 Å². The smallest absolute Gasteiger partial charge is 0.336 e. The van der Waals surface area contributed by atoms with Gasteiger partial charge in [0.25, 0.3) is 0 Å². The summed E-state index contributed by atoms with van der Waals surface area (Å²) in [4.78, 5) is 20.9. The Morgan fingerprint density at radius 2 is 1.79 bits per heavy atom. The standard InChI is InChI=1S/C10H8O4/c11-9(12)6-5-7-3-1-2-4-8(7)10(13)14/h1-6H,(H,11,12)(H,13,14)/b6-5-. The highest BCUT2D eigenvalue weighted by atomic mass is 16.4. The van der Waals surface area contributed by atoms with Gasteiger partial charge in [0.05, 0.1) is 5.56 Å². The number of carboxylic acids is 2. The zero-order valence-corrected chi connectivity index (χ0v) is 7.18. The monoisotopic (exact) mass is 192 g/mol. The summed E-state index contributed by atoms with van der Waals surface area (Å²) in [7, 11) is 0. The first-order valence-electron chi connectivity index (χ1n) is 3.84. The van der Waals surface area contributed by atoms with Crippen LogP contribution in [0, 0.1) is 0 Å². The van der Waals surface area contributed by atoms with Crippen molar-refractivity contribution in [2.45, 2.75) is 0 Å². The van der Waals surface area contributed by atoms with Gasteiger partial charge in [-0.3, -0.25) is 0 Å². The van der Waals surface area contributed by atoms with Crippen molar-refractivity contribution < 1.29 is 19.8 Å². The Hall–Kier alpha value is -2.10. The molecule has 1 aromatic carbocycles. The summed E-state index contributed by atoms with van der Waals surface area (Å²) in [5.74, 6) is -2.18. The zero-order valence-electron chi connectivity index (χ0n) is 7.18. The van der Waals surface area contributed by atoms with Gasteiger partial charge in [0.2, 0.25) is 0 Å². The van der Waals surface area contributed by atoms with Crippen LogP contribution in [-0.2, 0) is 4.79 Å². The van der Waals surface area contributed by atoms with Crippen molar-refractivity contribution in [3.8, 4) is 0 Å². The second-order valence-electron chi connectivity index (χ2n) is 2.56. The molecular weight excluding hydrogens is 184 g/mol. The maximum Gasteiger partial charge on any atom is 0.336 e. The Morgan fingerprint density at radius 3 is 2.36 bits per heavy atom. The molecule has 0 heterocycles. The van der Waals surface area contributed by atoms with Crippen LogP contribution in [0.25, 0.3) is 6.08 Å². The van der Waals surface area contributed by atoms with Crippen LogP contribution in [0.2, 0.25) is 0 Å². The van der Waals surface area contributed by atoms with E-state index in [4.69, 9.17) is 10.2 Å². The number of rotatable bonds is 3. The lowest BCUT2D eigenvalue weighted by molar-refractivity contribution is -0.131. The third kappa shape index (κ3) is 2.45. The van der Waals surface area contributed by atoms with E-state index in [1.165, 1.54) is 12.1 Å². The molecule has 0 aliphatic heterocycles. The molecule has 2 N–H and O–H groups in total. The Kier molecular flexibility index (Phi) is 3.01. The first kappa shape index (κ1) is 9.98. The minimum absolute atomic E-state index is 0.0880. The molecule has 0 aromatic heterocycles. The number of hydrogen-bond acceptors (Lipinski definition) is 2. The fraction of sp³-hybridized carbons (Fsp3) is 0. The van der Waals surface area contributed by atoms with E-state index in [9.17, 15) is 9.59 Å². The number of carboxylic acid groups (broad SMARTS) is 2. The van der Waals surface area contributed by atoms with Crippen LogP contribution in [0.4, 0.5) is 0 Å². The lowest BCUT2D eigenvalue weighted by Crippen LogP contribution is -1.99. The van der Waals surface area contributed by atoms with Crippen LogP contribution in [0.1, 0.15) is 15.9 Å². The minimum Gasteiger partial charge on any atom is -0.478 e. The van der Waals surface area contributed by atoms with Crippen molar-refractivity contribution in [2.24, 2.45) is 0 Å². The van der Waals surface area contributed by atoms with Gasteiger partial charge in [-0.25, -0.2) is 9.59 Å². The van der Waals surface area contributed by atoms with Gasteiger partial charge in [-0.1, -0.05) is 18.2 Å². The summed E-state index contributed by atoms with van der Waals surface area (Å²) in [5, 5.41) is 17.1. The van der Waals surface area contributed by atoms with E-state index >= 15 is 0 Å². The van der Waals surface area contributed by atoms with Gasteiger partial charge in [-0.05, 0) is 17.7 Å². The Labute approximate surface area is 80.1 Å². The van der Waals surface area contributed by atoms with E-state index in [2.05, 4.69) is 0 Å². The van der Waals surface area contributed by atoms with Crippen LogP contribution < -0.4 is 0 Å². The lowest BCUT2D eigenvalue weighted by Gasteiger charge is -1.98. The van der Waals surface area contributed by atoms with Gasteiger partial charge in [-0.2, -0.15) is 0 Å². The molecule has 0 aliphatic rings. The molecule has 4 heteroatoms. The molecule has 0 unspecified atom stereocenters. The maximum atomic E-state index is 10.7. The van der Waals surface area contributed by atoms with E-state index in [-0.39, 0.29) is 5.56 Å². The highest BCUT2D eigenvalue weighted by Gasteiger charge is 2.05. The summed E-state index contributed by atoms with van der Waals surface area (Å²) in [6.45, 7) is 0. The quantitative estimate of drug-likeness (QED) is 0.711. The molecule has 0 amide bonds. The number of hydrogen-bond donors (Lipinski definition) is 2. The molecule has 0 bridgehead atoms. The van der Waals surface area contributed by atoms with E-state index in [0.29, 0.717) is 5.56 Å². The van der Waals surface area contributed by atoms with Crippen LogP contribution in [0.5, 0.6) is 0 Å². The molecule has 14 heavy (non-hydrogen) atoms. The molecule has 0 radical (unpaired) electrons. The highest BCUT2D eigenvalue weighted by Crippen LogP contribution is 2.10. The molecule has 0 atom stereocenters. The summed E-state index contributed by atoms with van der Waals surface area (Å²) in [5.41, 5.74) is 0.465. The van der Waals surface area contributed by atoms with Crippen molar-refractivity contribution in [2.75, 3.05) is 0 Å². The molecule has 0 aliphatic carbocycles. The van der Waals surface area contributed by atoms with Crippen molar-refractivity contribution >= 4 is 18.0 Å². The van der Waals surface area contributed by atoms with Crippen LogP contribution in [0.15, 0.2) is 30.3 Å². The van der Waals surface area contributed by atoms with Crippen LogP contribution in [0.3, 0.4) is 0 Å². The van der Waals surface area contributed by atoms with Crippen LogP contribution >= 0.6 is 0 Å². The predicted octanol–water partition coefficient (Wildman–Crippen LogP) is 1.48. The Morgan fingerprint density at radius 1 is 1.14 bits per heavy atom. The largest absolute Gasteiger partial charge is 0.478 e. The second-order valence-corrected chi connectivity index (χ2v) is 2.56. The summed E-state index contributed by atoms with van der Waals surface area (Å²) in [6.07, 6.45) is 2.16. The van der Waals surface area contributed by atoms with Gasteiger partial charge in [0.15, 0.2) is 0 Å². The third-order valence-electron chi connectivity index (χ3n) is 1.60. The predicted molar refractivity (Wildman–Crippen MR) is 50.1 cm³/mol. The molecule has 4 nitrogen and oxygen atoms in total. The molecule has 0 spiro atoms. The lowest BCUT2D eigenvalue weighted by atomic mass is 10.1. The molecule has 0 saturated carbocycles. The SMILES string of the molecule is O=C(O)/C=C\c1ccccc1C(=O)O. The summed E-state index contributed by atoms with van der Waals surface area (Å²) >= 11 is 0. The fourth-order valence-electron chi connectivity index (χ4n) is 0.998. The average molecular weight is 192 g/mol. The summed E-state index contributed by atoms with van der Waals surface area (Å²) in [6, 6.07) is 6.20. The van der Waals surface area contributed by atoms with Gasteiger partial charge in [0.1, 0.15) is 0 Å². The molecule has 1 aromatic rings. The van der Waals surface area contributed by atoms with Gasteiger partial charge >= 0.3 is 11.9 Å². The van der Waals surface area contributed by atoms with E-state index < -0.39 is 11.9 Å².